The molecule has 0 aliphatic rings. The lowest BCUT2D eigenvalue weighted by Gasteiger charge is -2.42. The van der Waals surface area contributed by atoms with Crippen molar-refractivity contribution in [2.24, 2.45) is 5.41 Å². The quantitative estimate of drug-likeness (QED) is 0.128. The van der Waals surface area contributed by atoms with Gasteiger partial charge in [0.05, 0.1) is 25.1 Å². The molecule has 14 heteroatoms. The zero-order valence-corrected chi connectivity index (χ0v) is 31.2. The molecule has 4 N–H and O–H groups in total. The number of rotatable bonds is 17. The Balaban J connectivity index is 2.08. The minimum atomic E-state index is -1.49. The second-order valence-electron chi connectivity index (χ2n) is 14.8. The van der Waals surface area contributed by atoms with E-state index in [0.717, 1.165) is 29.8 Å². The molecule has 51 heavy (non-hydrogen) atoms. The van der Waals surface area contributed by atoms with E-state index >= 15 is 4.39 Å². The number of amides is 3. The number of aliphatic hydroxyl groups excluding tert-OH is 1. The maximum atomic E-state index is 15.1. The molecule has 0 saturated heterocycles. The van der Waals surface area contributed by atoms with E-state index in [2.05, 4.69) is 30.3 Å². The van der Waals surface area contributed by atoms with E-state index in [1.807, 2.05) is 55.7 Å². The summed E-state index contributed by atoms with van der Waals surface area (Å²) in [7, 11) is -1.49. The first-order chi connectivity index (χ1) is 23.9. The molecule has 0 aliphatic carbocycles. The number of alkyl carbamates (subject to hydrolysis) is 1. The molecule has 0 aliphatic heterocycles. The van der Waals surface area contributed by atoms with Gasteiger partial charge < -0.3 is 35.1 Å². The third-order valence-corrected chi connectivity index (χ3v) is 9.86. The molecule has 0 radical (unpaired) electrons. The van der Waals surface area contributed by atoms with Crippen LogP contribution in [-0.2, 0) is 25.7 Å². The van der Waals surface area contributed by atoms with Crippen molar-refractivity contribution in [3.63, 3.8) is 0 Å². The normalized spacial score (nSPS) is 12.9. The summed E-state index contributed by atoms with van der Waals surface area (Å²) < 4.78 is 36.6. The first kappa shape index (κ1) is 40.9. The molecule has 278 valence electrons. The summed E-state index contributed by atoms with van der Waals surface area (Å²) in [6.07, 6.45) is 0.194. The summed E-state index contributed by atoms with van der Waals surface area (Å²) in [6, 6.07) is 13.3. The molecule has 0 fully saturated rings. The van der Waals surface area contributed by atoms with Gasteiger partial charge in [0.25, 0.3) is 0 Å². The Labute approximate surface area is 299 Å². The topological polar surface area (TPSA) is 150 Å². The predicted octanol–water partition coefficient (Wildman–Crippen LogP) is 5.80. The second kappa shape index (κ2) is 18.1. The summed E-state index contributed by atoms with van der Waals surface area (Å²) in [4.78, 5) is 51.8. The van der Waals surface area contributed by atoms with Crippen LogP contribution in [0, 0.1) is 17.0 Å². The minimum absolute atomic E-state index is 0.0242. The van der Waals surface area contributed by atoms with Crippen LogP contribution < -0.4 is 10.6 Å². The fourth-order valence-electron chi connectivity index (χ4n) is 5.68. The van der Waals surface area contributed by atoms with E-state index in [9.17, 15) is 28.7 Å². The van der Waals surface area contributed by atoms with Gasteiger partial charge in [-0.2, -0.15) is 0 Å². The Morgan fingerprint density at radius 1 is 1.00 bits per heavy atom. The van der Waals surface area contributed by atoms with Gasteiger partial charge in [-0.15, -0.1) is 0 Å². The average molecular weight is 729 g/mol. The molecular weight excluding hydrogens is 679 g/mol. The van der Waals surface area contributed by atoms with Gasteiger partial charge in [-0.3, -0.25) is 14.4 Å². The van der Waals surface area contributed by atoms with Crippen LogP contribution in [0.4, 0.5) is 13.6 Å². The minimum Gasteiger partial charge on any atom is -0.481 e. The number of aromatic nitrogens is 1. The number of halogens is 2. The van der Waals surface area contributed by atoms with E-state index < -0.39 is 74.1 Å². The number of nitrogens with one attached hydrogen (secondary N) is 2. The van der Waals surface area contributed by atoms with Gasteiger partial charge in [0.15, 0.2) is 0 Å². The van der Waals surface area contributed by atoms with Gasteiger partial charge in [-0.1, -0.05) is 70.7 Å². The molecular formula is C37H50F2N4O7Si. The Morgan fingerprint density at radius 3 is 2.29 bits per heavy atom. The number of aliphatic carboxylic acids is 1. The van der Waals surface area contributed by atoms with Crippen molar-refractivity contribution in [1.29, 1.82) is 0 Å². The molecule has 0 spiro atoms. The van der Waals surface area contributed by atoms with Crippen LogP contribution in [0.3, 0.4) is 0 Å². The van der Waals surface area contributed by atoms with E-state index in [-0.39, 0.29) is 31.7 Å². The molecule has 11 nitrogen and oxygen atoms in total. The van der Waals surface area contributed by atoms with E-state index in [4.69, 9.17) is 9.84 Å². The monoisotopic (exact) mass is 728 g/mol. The zero-order chi connectivity index (χ0) is 37.9. The molecule has 2 aromatic carbocycles. The largest absolute Gasteiger partial charge is 0.481 e. The van der Waals surface area contributed by atoms with Gasteiger partial charge in [0.1, 0.15) is 18.2 Å². The number of benzene rings is 2. The highest BCUT2D eigenvalue weighted by atomic mass is 28.3. The number of carbonyl (C=O) groups is 4. The van der Waals surface area contributed by atoms with Crippen LogP contribution in [0.2, 0.25) is 25.7 Å². The summed E-state index contributed by atoms with van der Waals surface area (Å²) in [5, 5.41) is 24.7. The highest BCUT2D eigenvalue weighted by Crippen LogP contribution is 2.41. The molecule has 3 rings (SSSR count). The van der Waals surface area contributed by atoms with E-state index in [1.165, 1.54) is 4.90 Å². The number of carboxylic acids is 1. The van der Waals surface area contributed by atoms with Crippen molar-refractivity contribution in [3.8, 4) is 11.1 Å². The fourth-order valence-corrected chi connectivity index (χ4v) is 6.39. The van der Waals surface area contributed by atoms with Crippen LogP contribution >= 0.6 is 0 Å². The van der Waals surface area contributed by atoms with Crippen molar-refractivity contribution in [1.82, 2.24) is 20.1 Å². The third-order valence-electron chi connectivity index (χ3n) is 8.16. The number of nitrogens with zero attached hydrogens (tertiary/aromatic N) is 2. The van der Waals surface area contributed by atoms with E-state index in [1.54, 1.807) is 12.3 Å². The first-order valence-corrected chi connectivity index (χ1v) is 20.6. The fraction of sp³-hybridized carbons (Fsp3) is 0.459. The number of aliphatic hydroxyl groups is 1. The molecule has 2 unspecified atom stereocenters. The number of carboxylic acid groups (broad SMARTS) is 1. The Hall–Kier alpha value is -4.56. The van der Waals surface area contributed by atoms with Gasteiger partial charge in [-0.05, 0) is 41.3 Å². The van der Waals surface area contributed by atoms with Crippen LogP contribution in [0.25, 0.3) is 11.1 Å². The van der Waals surface area contributed by atoms with Crippen LogP contribution in [0.5, 0.6) is 0 Å². The van der Waals surface area contributed by atoms with E-state index in [0.29, 0.717) is 17.8 Å². The van der Waals surface area contributed by atoms with Gasteiger partial charge >= 0.3 is 12.1 Å². The van der Waals surface area contributed by atoms with Crippen LogP contribution in [-0.4, -0.2) is 84.0 Å². The maximum absolute atomic E-state index is 15.1. The number of ether oxygens (including phenoxy) is 1. The van der Waals surface area contributed by atoms with Crippen molar-refractivity contribution in [2.75, 3.05) is 26.3 Å². The highest BCUT2D eigenvalue weighted by Gasteiger charge is 2.38. The second-order valence-corrected chi connectivity index (χ2v) is 20.5. The van der Waals surface area contributed by atoms with Crippen molar-refractivity contribution in [3.05, 3.63) is 83.7 Å². The predicted molar refractivity (Wildman–Crippen MR) is 193 cm³/mol. The highest BCUT2D eigenvalue weighted by molar-refractivity contribution is 6.76. The van der Waals surface area contributed by atoms with Crippen molar-refractivity contribution >= 4 is 32.0 Å². The number of hydrogen-bond donors (Lipinski definition) is 4. The standard InChI is InChI=1S/C37H50F2N4O7Si/c1-37(2,3)35(31-18-26(29-19-27(38)12-13-30(29)39)22-42(31)21-25-10-8-7-9-11-25)43(33(46)24-44)23-28(41-32(45)14-15-34(47)48)20-40-36(49)50-16-17-51(4,5)6/h7-13,18-19,22,28,35,44H,14-17,20-21,23-24H2,1-6H3,(H,40,49)(H,41,45)(H,47,48). The van der Waals surface area contributed by atoms with Gasteiger partial charge in [0.2, 0.25) is 11.8 Å². The zero-order valence-electron chi connectivity index (χ0n) is 30.2. The lowest BCUT2D eigenvalue weighted by molar-refractivity contribution is -0.140. The third kappa shape index (κ3) is 12.9. The average Bonchev–Trinajstić information content (AvgIpc) is 3.44. The molecule has 1 heterocycles. The molecule has 3 amide bonds. The first-order valence-electron chi connectivity index (χ1n) is 16.9. The van der Waals surface area contributed by atoms with Gasteiger partial charge in [0, 0.05) is 57.1 Å². The van der Waals surface area contributed by atoms with Crippen LogP contribution in [0.1, 0.15) is 50.9 Å². The summed E-state index contributed by atoms with van der Waals surface area (Å²) in [5.74, 6) is -3.73. The molecule has 3 aromatic rings. The van der Waals surface area contributed by atoms with Crippen molar-refractivity contribution in [2.45, 2.75) is 77.9 Å². The Morgan fingerprint density at radius 2 is 1.69 bits per heavy atom. The number of carbonyl (C=O) groups excluding carboxylic acids is 3. The molecule has 1 aromatic heterocycles. The van der Waals surface area contributed by atoms with Gasteiger partial charge in [-0.25, -0.2) is 13.6 Å². The lowest BCUT2D eigenvalue weighted by Crippen LogP contribution is -2.54. The molecule has 0 bridgehead atoms. The molecule has 2 atom stereocenters. The lowest BCUT2D eigenvalue weighted by atomic mass is 9.82. The van der Waals surface area contributed by atoms with Crippen molar-refractivity contribution < 1.29 is 42.9 Å². The summed E-state index contributed by atoms with van der Waals surface area (Å²) in [5.41, 5.74) is 1.09. The van der Waals surface area contributed by atoms with Crippen LogP contribution in [0.15, 0.2) is 60.8 Å². The summed E-state index contributed by atoms with van der Waals surface area (Å²) >= 11 is 0. The Kier molecular flexibility index (Phi) is 14.5. The smallest absolute Gasteiger partial charge is 0.407 e. The summed E-state index contributed by atoms with van der Waals surface area (Å²) in [6.45, 7) is 11.3. The maximum Gasteiger partial charge on any atom is 0.407 e. The molecule has 0 saturated carbocycles. The number of hydrogen-bond acceptors (Lipinski definition) is 6. The Bertz CT molecular complexity index is 1650. The SMILES string of the molecule is CC(C)(C)C(c1cc(-c2cc(F)ccc2F)cn1Cc1ccccc1)N(CC(CNC(=O)OCC[Si](C)(C)C)NC(=O)CCC(=O)O)C(=O)CO.